The van der Waals surface area contributed by atoms with Crippen molar-refractivity contribution in [2.24, 2.45) is 0 Å². The van der Waals surface area contributed by atoms with E-state index in [0.717, 1.165) is 0 Å². The molecule has 106 valence electrons. The number of likely N-dealkylation sites (tertiary alicyclic amines) is 1. The van der Waals surface area contributed by atoms with Gasteiger partial charge in [-0.3, -0.25) is 9.59 Å². The number of halogens is 1. The van der Waals surface area contributed by atoms with E-state index in [1.807, 2.05) is 0 Å². The van der Waals surface area contributed by atoms with E-state index in [1.54, 1.807) is 0 Å². The molecule has 6 nitrogen and oxygen atoms in total. The minimum Gasteiger partial charge on any atom is -0.432 e. The van der Waals surface area contributed by atoms with Gasteiger partial charge in [-0.25, -0.2) is 4.79 Å². The molecule has 0 aromatic rings. The first kappa shape index (κ1) is 15.5. The van der Waals surface area contributed by atoms with E-state index in [-0.39, 0.29) is 38.1 Å². The van der Waals surface area contributed by atoms with Gasteiger partial charge in [0.2, 0.25) is 11.1 Å². The summed E-state index contributed by atoms with van der Waals surface area (Å²) in [6.45, 7) is 3.72. The van der Waals surface area contributed by atoms with Crippen LogP contribution < -0.4 is 0 Å². The van der Waals surface area contributed by atoms with Crippen LogP contribution in [0.1, 0.15) is 19.3 Å². The molecule has 1 amide bonds. The summed E-state index contributed by atoms with van der Waals surface area (Å²) >= 11 is 5.32. The van der Waals surface area contributed by atoms with E-state index in [2.05, 4.69) is 11.3 Å². The maximum Gasteiger partial charge on any atom is 0.508 e. The van der Waals surface area contributed by atoms with Crippen LogP contribution in [0.15, 0.2) is 12.7 Å². The molecular weight excluding hydrogens is 274 g/mol. The summed E-state index contributed by atoms with van der Waals surface area (Å²) in [7, 11) is 0. The van der Waals surface area contributed by atoms with Crippen LogP contribution in [0.2, 0.25) is 0 Å². The Bertz CT molecular complexity index is 371. The largest absolute Gasteiger partial charge is 0.508 e. The molecule has 19 heavy (non-hydrogen) atoms. The highest BCUT2D eigenvalue weighted by atomic mass is 35.5. The average molecular weight is 290 g/mol. The summed E-state index contributed by atoms with van der Waals surface area (Å²) < 4.78 is 9.40. The smallest absolute Gasteiger partial charge is 0.432 e. The lowest BCUT2D eigenvalue weighted by molar-refractivity contribution is -0.129. The Morgan fingerprint density at radius 1 is 1.47 bits per heavy atom. The van der Waals surface area contributed by atoms with E-state index >= 15 is 0 Å². The van der Waals surface area contributed by atoms with Crippen molar-refractivity contribution < 1.29 is 23.9 Å². The Morgan fingerprint density at radius 3 is 2.84 bits per heavy atom. The summed E-state index contributed by atoms with van der Waals surface area (Å²) in [6.07, 6.45) is 1.71. The number of ether oxygens (including phenoxy) is 2. The first-order valence-electron chi connectivity index (χ1n) is 5.93. The lowest BCUT2D eigenvalue weighted by atomic mass is 10.1. The van der Waals surface area contributed by atoms with Gasteiger partial charge in [-0.2, -0.15) is 0 Å². The number of carbonyl (C=O) groups is 3. The van der Waals surface area contributed by atoms with Gasteiger partial charge in [0.15, 0.2) is 0 Å². The predicted octanol–water partition coefficient (Wildman–Crippen LogP) is 1.47. The molecule has 0 bridgehead atoms. The SMILES string of the molecule is C=CCOC(=O)OCCN1C(=O)CC[C@H]1CC(=O)Cl. The number of hydrogen-bond donors (Lipinski definition) is 0. The van der Waals surface area contributed by atoms with Crippen LogP contribution in [0, 0.1) is 0 Å². The summed E-state index contributed by atoms with van der Waals surface area (Å²) in [5, 5.41) is -0.476. The van der Waals surface area contributed by atoms with E-state index in [4.69, 9.17) is 16.3 Å². The Morgan fingerprint density at radius 2 is 2.21 bits per heavy atom. The van der Waals surface area contributed by atoms with Gasteiger partial charge in [-0.15, -0.1) is 0 Å². The summed E-state index contributed by atoms with van der Waals surface area (Å²) in [6, 6.07) is -0.203. The zero-order chi connectivity index (χ0) is 14.3. The molecule has 0 radical (unpaired) electrons. The fourth-order valence-electron chi connectivity index (χ4n) is 1.89. The van der Waals surface area contributed by atoms with E-state index in [9.17, 15) is 14.4 Å². The van der Waals surface area contributed by atoms with Crippen LogP contribution >= 0.6 is 11.6 Å². The van der Waals surface area contributed by atoms with Crippen molar-refractivity contribution in [1.82, 2.24) is 4.90 Å². The zero-order valence-corrected chi connectivity index (χ0v) is 11.2. The number of amides is 1. The third kappa shape index (κ3) is 5.30. The van der Waals surface area contributed by atoms with Crippen molar-refractivity contribution in [3.8, 4) is 0 Å². The molecule has 1 rings (SSSR count). The molecule has 1 atom stereocenters. The van der Waals surface area contributed by atoms with Gasteiger partial charge >= 0.3 is 6.16 Å². The predicted molar refractivity (Wildman–Crippen MR) is 67.7 cm³/mol. The summed E-state index contributed by atoms with van der Waals surface area (Å²) in [5.74, 6) is -0.0639. The standard InChI is InChI=1S/C12H16ClNO5/c1-2-6-18-12(17)19-7-5-14-9(8-10(13)15)3-4-11(14)16/h2,9H,1,3-8H2/t9-/m0/s1. The third-order valence-electron chi connectivity index (χ3n) is 2.72. The van der Waals surface area contributed by atoms with Crippen molar-refractivity contribution in [1.29, 1.82) is 0 Å². The van der Waals surface area contributed by atoms with E-state index in [0.29, 0.717) is 12.8 Å². The van der Waals surface area contributed by atoms with Crippen LogP contribution in [0.3, 0.4) is 0 Å². The normalized spacial score (nSPS) is 18.3. The molecule has 1 aliphatic heterocycles. The quantitative estimate of drug-likeness (QED) is 0.403. The summed E-state index contributed by atoms with van der Waals surface area (Å²) in [4.78, 5) is 35.0. The second kappa shape index (κ2) is 7.78. The van der Waals surface area contributed by atoms with Crippen molar-refractivity contribution in [2.45, 2.75) is 25.3 Å². The molecular formula is C12H16ClNO5. The molecule has 0 aliphatic carbocycles. The monoisotopic (exact) mass is 289 g/mol. The molecule has 0 saturated carbocycles. The molecule has 0 unspecified atom stereocenters. The molecule has 1 fully saturated rings. The first-order valence-corrected chi connectivity index (χ1v) is 6.30. The Balaban J connectivity index is 2.33. The van der Waals surface area contributed by atoms with Gasteiger partial charge in [0.25, 0.3) is 0 Å². The average Bonchev–Trinajstić information content (AvgIpc) is 2.68. The Hall–Kier alpha value is -1.56. The first-order chi connectivity index (χ1) is 9.04. The lowest BCUT2D eigenvalue weighted by Crippen LogP contribution is -2.37. The molecule has 1 heterocycles. The van der Waals surface area contributed by atoms with Gasteiger partial charge < -0.3 is 14.4 Å². The minimum atomic E-state index is -0.809. The third-order valence-corrected chi connectivity index (χ3v) is 2.87. The van der Waals surface area contributed by atoms with Crippen LogP contribution in [-0.2, 0) is 19.1 Å². The van der Waals surface area contributed by atoms with Crippen LogP contribution in [0.25, 0.3) is 0 Å². The van der Waals surface area contributed by atoms with Gasteiger partial charge in [0, 0.05) is 18.9 Å². The molecule has 0 aromatic carbocycles. The lowest BCUT2D eigenvalue weighted by Gasteiger charge is -2.23. The Labute approximate surface area is 116 Å². The van der Waals surface area contributed by atoms with Crippen molar-refractivity contribution in [3.63, 3.8) is 0 Å². The van der Waals surface area contributed by atoms with Gasteiger partial charge in [0.1, 0.15) is 13.2 Å². The van der Waals surface area contributed by atoms with Crippen LogP contribution in [0.5, 0.6) is 0 Å². The van der Waals surface area contributed by atoms with E-state index < -0.39 is 11.4 Å². The molecule has 0 aromatic heterocycles. The highest BCUT2D eigenvalue weighted by Gasteiger charge is 2.31. The molecule has 7 heteroatoms. The highest BCUT2D eigenvalue weighted by molar-refractivity contribution is 6.63. The zero-order valence-electron chi connectivity index (χ0n) is 10.5. The second-order valence-electron chi connectivity index (χ2n) is 4.04. The minimum absolute atomic E-state index is 0.0225. The topological polar surface area (TPSA) is 72.9 Å². The van der Waals surface area contributed by atoms with E-state index in [1.165, 1.54) is 11.0 Å². The summed E-state index contributed by atoms with van der Waals surface area (Å²) in [5.41, 5.74) is 0. The number of rotatable bonds is 7. The Kier molecular flexibility index (Phi) is 6.35. The molecule has 1 saturated heterocycles. The fourth-order valence-corrected chi connectivity index (χ4v) is 2.07. The van der Waals surface area contributed by atoms with Crippen LogP contribution in [0.4, 0.5) is 4.79 Å². The van der Waals surface area contributed by atoms with Crippen LogP contribution in [-0.4, -0.2) is 48.0 Å². The maximum atomic E-state index is 11.6. The maximum absolute atomic E-state index is 11.6. The second-order valence-corrected chi connectivity index (χ2v) is 4.46. The number of carbonyl (C=O) groups excluding carboxylic acids is 3. The van der Waals surface area contributed by atoms with Crippen molar-refractivity contribution >= 4 is 28.9 Å². The molecule has 0 N–H and O–H groups in total. The highest BCUT2D eigenvalue weighted by Crippen LogP contribution is 2.21. The van der Waals surface area contributed by atoms with Gasteiger partial charge in [-0.05, 0) is 18.0 Å². The van der Waals surface area contributed by atoms with Crippen molar-refractivity contribution in [3.05, 3.63) is 12.7 Å². The van der Waals surface area contributed by atoms with Gasteiger partial charge in [-0.1, -0.05) is 12.7 Å². The van der Waals surface area contributed by atoms with Crippen molar-refractivity contribution in [2.75, 3.05) is 19.8 Å². The number of nitrogens with zero attached hydrogens (tertiary/aromatic N) is 1. The molecule has 1 aliphatic rings. The molecule has 0 spiro atoms. The van der Waals surface area contributed by atoms with Gasteiger partial charge in [0.05, 0.1) is 6.54 Å². The number of hydrogen-bond acceptors (Lipinski definition) is 5. The fraction of sp³-hybridized carbons (Fsp3) is 0.583.